The topological polar surface area (TPSA) is 66.9 Å². The van der Waals surface area contributed by atoms with Crippen molar-refractivity contribution >= 4 is 39.9 Å². The zero-order valence-electron chi connectivity index (χ0n) is 16.1. The van der Waals surface area contributed by atoms with E-state index in [0.717, 1.165) is 22.0 Å². The molecule has 0 radical (unpaired) electrons. The molecule has 150 valence electrons. The molecule has 0 unspecified atom stereocenters. The van der Waals surface area contributed by atoms with E-state index in [-0.39, 0.29) is 17.0 Å². The maximum Gasteiger partial charge on any atom is 0.255 e. The van der Waals surface area contributed by atoms with E-state index in [4.69, 9.17) is 11.6 Å². The highest BCUT2D eigenvalue weighted by Gasteiger charge is 2.08. The number of rotatable bonds is 5. The molecule has 0 saturated carbocycles. The van der Waals surface area contributed by atoms with Crippen molar-refractivity contribution in [3.63, 3.8) is 0 Å². The molecular formula is C23H18ClFN4O. The van der Waals surface area contributed by atoms with Crippen LogP contribution in [0.25, 0.3) is 10.9 Å². The minimum Gasteiger partial charge on any atom is -0.365 e. The SMILES string of the molecule is Cc1ccc2nc(Cl)nc(NCc3ccc(NC(=O)c4ccc(F)cc4)cc3)c2c1. The van der Waals surface area contributed by atoms with Crippen LogP contribution in [-0.2, 0) is 6.54 Å². The number of amides is 1. The van der Waals surface area contributed by atoms with Gasteiger partial charge in [0.1, 0.15) is 11.6 Å². The first-order valence-electron chi connectivity index (χ1n) is 9.31. The molecular weight excluding hydrogens is 403 g/mol. The normalized spacial score (nSPS) is 10.8. The van der Waals surface area contributed by atoms with E-state index in [1.807, 2.05) is 49.4 Å². The Morgan fingerprint density at radius 3 is 2.47 bits per heavy atom. The van der Waals surface area contributed by atoms with E-state index in [1.54, 1.807) is 0 Å². The number of hydrogen-bond donors (Lipinski definition) is 2. The summed E-state index contributed by atoms with van der Waals surface area (Å²) < 4.78 is 13.0. The molecule has 1 aromatic heterocycles. The maximum atomic E-state index is 13.0. The molecule has 0 saturated heterocycles. The number of hydrogen-bond acceptors (Lipinski definition) is 4. The lowest BCUT2D eigenvalue weighted by Gasteiger charge is -2.11. The van der Waals surface area contributed by atoms with Crippen LogP contribution in [0, 0.1) is 12.7 Å². The van der Waals surface area contributed by atoms with Gasteiger partial charge in [0.05, 0.1) is 5.52 Å². The quantitative estimate of drug-likeness (QED) is 0.413. The number of benzene rings is 3. The number of nitrogens with zero attached hydrogens (tertiary/aromatic N) is 2. The molecule has 0 aliphatic rings. The molecule has 0 spiro atoms. The molecule has 1 amide bonds. The van der Waals surface area contributed by atoms with Crippen molar-refractivity contribution in [3.05, 3.63) is 94.5 Å². The van der Waals surface area contributed by atoms with Crippen LogP contribution in [0.3, 0.4) is 0 Å². The summed E-state index contributed by atoms with van der Waals surface area (Å²) in [5.41, 5.74) is 3.94. The zero-order valence-corrected chi connectivity index (χ0v) is 16.9. The third-order valence-electron chi connectivity index (χ3n) is 4.60. The summed E-state index contributed by atoms with van der Waals surface area (Å²) in [6.45, 7) is 2.54. The van der Waals surface area contributed by atoms with Crippen LogP contribution in [0.15, 0.2) is 66.7 Å². The Bertz CT molecular complexity index is 1210. The Morgan fingerprint density at radius 1 is 1.00 bits per heavy atom. The minimum atomic E-state index is -0.378. The van der Waals surface area contributed by atoms with Crippen LogP contribution >= 0.6 is 11.6 Å². The van der Waals surface area contributed by atoms with Gasteiger partial charge in [-0.1, -0.05) is 23.8 Å². The number of carbonyl (C=O) groups is 1. The summed E-state index contributed by atoms with van der Waals surface area (Å²) in [5.74, 6) is -0.00273. The number of fused-ring (bicyclic) bond motifs is 1. The standard InChI is InChI=1S/C23H18ClFN4O/c1-14-2-11-20-19(12-14)21(29-23(24)28-20)26-13-15-3-9-18(10-4-15)27-22(30)16-5-7-17(25)8-6-16/h2-12H,13H2,1H3,(H,27,30)(H,26,28,29). The van der Waals surface area contributed by atoms with Crippen molar-refractivity contribution in [3.8, 4) is 0 Å². The number of halogens is 2. The second kappa shape index (κ2) is 8.47. The summed E-state index contributed by atoms with van der Waals surface area (Å²) in [4.78, 5) is 20.8. The van der Waals surface area contributed by atoms with Gasteiger partial charge in [-0.25, -0.2) is 14.4 Å². The first-order chi connectivity index (χ1) is 14.5. The van der Waals surface area contributed by atoms with Crippen molar-refractivity contribution in [1.82, 2.24) is 9.97 Å². The van der Waals surface area contributed by atoms with Gasteiger partial charge in [-0.3, -0.25) is 4.79 Å². The van der Waals surface area contributed by atoms with E-state index in [2.05, 4.69) is 20.6 Å². The summed E-state index contributed by atoms with van der Waals surface area (Å²) in [7, 11) is 0. The van der Waals surface area contributed by atoms with Crippen molar-refractivity contribution in [2.75, 3.05) is 10.6 Å². The highest BCUT2D eigenvalue weighted by molar-refractivity contribution is 6.28. The van der Waals surface area contributed by atoms with Crippen molar-refractivity contribution in [2.45, 2.75) is 13.5 Å². The van der Waals surface area contributed by atoms with E-state index in [0.29, 0.717) is 23.6 Å². The molecule has 1 heterocycles. The molecule has 0 bridgehead atoms. The van der Waals surface area contributed by atoms with Crippen molar-refractivity contribution in [2.24, 2.45) is 0 Å². The molecule has 30 heavy (non-hydrogen) atoms. The van der Waals surface area contributed by atoms with Crippen molar-refractivity contribution < 1.29 is 9.18 Å². The summed E-state index contributed by atoms with van der Waals surface area (Å²) in [6.07, 6.45) is 0. The van der Waals surface area contributed by atoms with E-state index in [1.165, 1.54) is 24.3 Å². The average Bonchev–Trinajstić information content (AvgIpc) is 2.74. The second-order valence-corrected chi connectivity index (χ2v) is 7.21. The molecule has 0 fully saturated rings. The predicted molar refractivity (Wildman–Crippen MR) is 117 cm³/mol. The fourth-order valence-corrected chi connectivity index (χ4v) is 3.22. The number of nitrogens with one attached hydrogen (secondary N) is 2. The van der Waals surface area contributed by atoms with Crippen LogP contribution in [0.5, 0.6) is 0 Å². The van der Waals surface area contributed by atoms with Crippen LogP contribution in [0.1, 0.15) is 21.5 Å². The molecule has 3 aromatic carbocycles. The summed E-state index contributed by atoms with van der Waals surface area (Å²) >= 11 is 6.05. The minimum absolute atomic E-state index is 0.188. The van der Waals surface area contributed by atoms with Gasteiger partial charge in [-0.05, 0) is 72.6 Å². The Kier molecular flexibility index (Phi) is 5.59. The van der Waals surface area contributed by atoms with E-state index < -0.39 is 0 Å². The fraction of sp³-hybridized carbons (Fsp3) is 0.0870. The first-order valence-corrected chi connectivity index (χ1v) is 9.69. The maximum absolute atomic E-state index is 13.0. The predicted octanol–water partition coefficient (Wildman–Crippen LogP) is 5.60. The third kappa shape index (κ3) is 4.55. The third-order valence-corrected chi connectivity index (χ3v) is 4.77. The monoisotopic (exact) mass is 420 g/mol. The number of carbonyl (C=O) groups excluding carboxylic acids is 1. The van der Waals surface area contributed by atoms with Gasteiger partial charge >= 0.3 is 0 Å². The Balaban J connectivity index is 1.44. The fourth-order valence-electron chi connectivity index (χ4n) is 3.04. The van der Waals surface area contributed by atoms with E-state index in [9.17, 15) is 9.18 Å². The van der Waals surface area contributed by atoms with Crippen LogP contribution < -0.4 is 10.6 Å². The largest absolute Gasteiger partial charge is 0.365 e. The first kappa shape index (κ1) is 19.8. The van der Waals surface area contributed by atoms with Gasteiger partial charge in [0, 0.05) is 23.2 Å². The molecule has 0 aliphatic heterocycles. The molecule has 4 rings (SSSR count). The molecule has 4 aromatic rings. The molecule has 2 N–H and O–H groups in total. The van der Waals surface area contributed by atoms with Gasteiger partial charge in [-0.15, -0.1) is 0 Å². The Hall–Kier alpha value is -3.51. The summed E-state index contributed by atoms with van der Waals surface area (Å²) in [5, 5.41) is 7.19. The average molecular weight is 421 g/mol. The zero-order chi connectivity index (χ0) is 21.1. The molecule has 0 aliphatic carbocycles. The summed E-state index contributed by atoms with van der Waals surface area (Å²) in [6, 6.07) is 18.8. The van der Waals surface area contributed by atoms with Crippen molar-refractivity contribution in [1.29, 1.82) is 0 Å². The Labute approximate surface area is 177 Å². The number of aromatic nitrogens is 2. The Morgan fingerprint density at radius 2 is 1.73 bits per heavy atom. The van der Waals surface area contributed by atoms with Crippen LogP contribution in [-0.4, -0.2) is 15.9 Å². The van der Waals surface area contributed by atoms with Gasteiger partial charge < -0.3 is 10.6 Å². The number of anilines is 2. The highest BCUT2D eigenvalue weighted by Crippen LogP contribution is 2.24. The van der Waals surface area contributed by atoms with Gasteiger partial charge in [0.2, 0.25) is 5.28 Å². The lowest BCUT2D eigenvalue weighted by atomic mass is 10.1. The lowest BCUT2D eigenvalue weighted by Crippen LogP contribution is -2.11. The lowest BCUT2D eigenvalue weighted by molar-refractivity contribution is 0.102. The highest BCUT2D eigenvalue weighted by atomic mass is 35.5. The smallest absolute Gasteiger partial charge is 0.255 e. The van der Waals surface area contributed by atoms with Gasteiger partial charge in [0.25, 0.3) is 5.91 Å². The molecule has 7 heteroatoms. The molecule has 5 nitrogen and oxygen atoms in total. The van der Waals surface area contributed by atoms with E-state index >= 15 is 0 Å². The van der Waals surface area contributed by atoms with Gasteiger partial charge in [0.15, 0.2) is 0 Å². The van der Waals surface area contributed by atoms with Crippen LogP contribution in [0.2, 0.25) is 5.28 Å². The van der Waals surface area contributed by atoms with Gasteiger partial charge in [-0.2, -0.15) is 0 Å². The number of aryl methyl sites for hydroxylation is 1. The van der Waals surface area contributed by atoms with Crippen LogP contribution in [0.4, 0.5) is 15.9 Å². The molecule has 0 atom stereocenters. The second-order valence-electron chi connectivity index (χ2n) is 6.87.